The highest BCUT2D eigenvalue weighted by molar-refractivity contribution is 7.90. The van der Waals surface area contributed by atoms with Gasteiger partial charge in [0.05, 0.1) is 27.9 Å². The number of carbonyl (C=O) groups excluding carboxylic acids is 2. The summed E-state index contributed by atoms with van der Waals surface area (Å²) in [5.74, 6) is -2.57. The van der Waals surface area contributed by atoms with Crippen molar-refractivity contribution in [2.45, 2.75) is 153 Å². The highest BCUT2D eigenvalue weighted by atomic mass is 32.2. The van der Waals surface area contributed by atoms with Gasteiger partial charge in [0.25, 0.3) is 20.0 Å². The molecule has 0 saturated carbocycles. The van der Waals surface area contributed by atoms with Crippen LogP contribution in [-0.2, 0) is 53.7 Å². The fraction of sp³-hybridized carbons (Fsp3) is 0.545. The molecule has 0 radical (unpaired) electrons. The van der Waals surface area contributed by atoms with E-state index in [4.69, 9.17) is 26.0 Å². The molecule has 21 nitrogen and oxygen atoms in total. The molecule has 0 saturated heterocycles. The summed E-state index contributed by atoms with van der Waals surface area (Å²) in [6.07, 6.45) is 4.02. The van der Waals surface area contributed by atoms with Crippen molar-refractivity contribution < 1.29 is 45.8 Å². The second-order valence-electron chi connectivity index (χ2n) is 18.5. The van der Waals surface area contributed by atoms with Gasteiger partial charge in [-0.05, 0) is 128 Å². The Kier molecular flexibility index (Phi) is 15.6. The lowest BCUT2D eigenvalue weighted by atomic mass is 9.94. The van der Waals surface area contributed by atoms with Crippen LogP contribution in [0.4, 0.5) is 0 Å². The van der Waals surface area contributed by atoms with E-state index in [2.05, 4.69) is 40.7 Å². The molecule has 0 bridgehead atoms. The third kappa shape index (κ3) is 12.2. The molecule has 3 heterocycles. The Morgan fingerprint density at radius 1 is 0.731 bits per heavy atom. The molecule has 2 aliphatic rings. The quantitative estimate of drug-likeness (QED) is 0.0466. The van der Waals surface area contributed by atoms with Crippen molar-refractivity contribution in [1.82, 2.24) is 40.7 Å². The second-order valence-corrected chi connectivity index (χ2v) is 21.8. The van der Waals surface area contributed by atoms with E-state index in [0.717, 1.165) is 11.1 Å². The molecule has 0 spiro atoms. The number of fused-ring (bicyclic) bond motifs is 2. The van der Waals surface area contributed by atoms with Gasteiger partial charge in [-0.15, -0.1) is 0 Å². The molecule has 0 aliphatic carbocycles. The number of carbonyl (C=O) groups is 3. The van der Waals surface area contributed by atoms with E-state index in [1.54, 1.807) is 41.5 Å². The molecular weight excluding hydrogens is 907 g/mol. The molecule has 12 N–H and O–H groups in total. The molecule has 368 valence electrons. The Morgan fingerprint density at radius 2 is 1.18 bits per heavy atom. The van der Waals surface area contributed by atoms with E-state index in [0.29, 0.717) is 63.4 Å². The fourth-order valence-corrected chi connectivity index (χ4v) is 11.6. The number of H-pyrrole nitrogens is 1. The Labute approximate surface area is 392 Å². The molecule has 5 rings (SSSR count). The predicted octanol–water partition coefficient (Wildman–Crippen LogP) is 2.18. The number of aliphatic carboxylic acids is 1. The fourth-order valence-electron chi connectivity index (χ4n) is 8.56. The Morgan fingerprint density at radius 3 is 1.61 bits per heavy atom. The maximum atomic E-state index is 13.7. The summed E-state index contributed by atoms with van der Waals surface area (Å²) in [6.45, 7) is 18.2. The Balaban J connectivity index is 1.17. The maximum absolute atomic E-state index is 13.7. The number of aromatic nitrogens is 2. The van der Waals surface area contributed by atoms with Crippen LogP contribution in [0.2, 0.25) is 0 Å². The number of nitrogens with one attached hydrogen (secondary N) is 9. The minimum absolute atomic E-state index is 0.0227. The van der Waals surface area contributed by atoms with E-state index < -0.39 is 79.1 Å². The summed E-state index contributed by atoms with van der Waals surface area (Å²) < 4.78 is 71.2. The number of nitrogens with zero attached hydrogens (tertiary/aromatic N) is 1. The van der Waals surface area contributed by atoms with Crippen LogP contribution in [-0.4, -0.2) is 104 Å². The van der Waals surface area contributed by atoms with Gasteiger partial charge in [0.1, 0.15) is 34.8 Å². The molecule has 2 aromatic carbocycles. The first-order valence-corrected chi connectivity index (χ1v) is 24.9. The average Bonchev–Trinajstić information content (AvgIpc) is 3.94. The minimum atomic E-state index is -4.22. The van der Waals surface area contributed by atoms with E-state index in [9.17, 15) is 36.3 Å². The summed E-state index contributed by atoms with van der Waals surface area (Å²) in [5.41, 5.74) is 10.7. The molecular formula is C44H65N11O10S2. The number of hydrogen-bond acceptors (Lipinski definition) is 13. The van der Waals surface area contributed by atoms with Crippen molar-refractivity contribution in [2.75, 3.05) is 13.1 Å². The first kappa shape index (κ1) is 52.0. The topological polar surface area (TPSA) is 333 Å². The lowest BCUT2D eigenvalue weighted by molar-refractivity contribution is -0.142. The van der Waals surface area contributed by atoms with Gasteiger partial charge < -0.3 is 46.6 Å². The minimum Gasteiger partial charge on any atom is -0.487 e. The SMILES string of the molecule is Cc1c(C)c(S(=O)(=O)NC(=N)NCCC[C@H](NC(=O)[C@@H](N)CCCNC(=N)NS(=O)(=O)c2c(C)c(C)c3c(c2C)CC(C)(C)O3)C(=O)N[C@@H](Cc2c[nH]cn2)C(=O)O)c(C)c2c1OC(C)(C)C2. The molecule has 2 aliphatic heterocycles. The van der Waals surface area contributed by atoms with Gasteiger partial charge in [0.15, 0.2) is 0 Å². The van der Waals surface area contributed by atoms with Crippen LogP contribution in [0.15, 0.2) is 22.3 Å². The van der Waals surface area contributed by atoms with Gasteiger partial charge in [0.2, 0.25) is 23.7 Å². The van der Waals surface area contributed by atoms with Gasteiger partial charge in [-0.1, -0.05) is 0 Å². The summed E-state index contributed by atoms with van der Waals surface area (Å²) >= 11 is 0. The van der Waals surface area contributed by atoms with Gasteiger partial charge in [0, 0.05) is 49.7 Å². The van der Waals surface area contributed by atoms with Gasteiger partial charge >= 0.3 is 5.97 Å². The molecule has 0 unspecified atom stereocenters. The van der Waals surface area contributed by atoms with Crippen molar-refractivity contribution >= 4 is 49.7 Å². The number of ether oxygens (including phenoxy) is 2. The number of hydrogen-bond donors (Lipinski definition) is 11. The van der Waals surface area contributed by atoms with Crippen LogP contribution in [0.25, 0.3) is 0 Å². The number of carboxylic acids is 1. The van der Waals surface area contributed by atoms with E-state index in [1.165, 1.54) is 12.5 Å². The molecule has 3 aromatic rings. The van der Waals surface area contributed by atoms with Crippen molar-refractivity contribution in [3.8, 4) is 11.5 Å². The standard InChI is InChI=1S/C44H65N11O10S2/c1-22-24(3)36(26(5)29-18-43(7,8)64-34(22)29)66(60,61)54-41(46)49-15-11-13-31(45)38(56)52-32(39(57)53-33(40(58)59)17-28-20-48-21-51-28)14-12-16-50-42(47)55-67(62,63)37-25(4)23(2)35-30(27(37)6)19-44(9,10)65-35/h20-21,31-33H,11-19,45H2,1-10H3,(H,48,51)(H,52,56)(H,53,57)(H,58,59)(H3,46,49,54)(H3,47,50,55)/t31-,32-,33-/m0/s1. The number of amides is 2. The molecule has 23 heteroatoms. The van der Waals surface area contributed by atoms with Crippen molar-refractivity contribution in [2.24, 2.45) is 5.73 Å². The number of carboxylic acid groups (broad SMARTS) is 1. The van der Waals surface area contributed by atoms with Gasteiger partial charge in [-0.2, -0.15) is 0 Å². The summed E-state index contributed by atoms with van der Waals surface area (Å²) in [5, 5.41) is 37.1. The van der Waals surface area contributed by atoms with E-state index in [-0.39, 0.29) is 55.0 Å². The Bertz CT molecular complexity index is 2670. The van der Waals surface area contributed by atoms with Crippen LogP contribution >= 0.6 is 0 Å². The molecule has 1 aromatic heterocycles. The van der Waals surface area contributed by atoms with Crippen molar-refractivity contribution in [3.05, 3.63) is 62.7 Å². The van der Waals surface area contributed by atoms with Gasteiger partial charge in [-0.3, -0.25) is 20.4 Å². The summed E-state index contributed by atoms with van der Waals surface area (Å²) in [7, 11) is -8.40. The van der Waals surface area contributed by atoms with E-state index in [1.807, 2.05) is 27.7 Å². The average molecular weight is 972 g/mol. The number of rotatable bonds is 19. The third-order valence-electron chi connectivity index (χ3n) is 12.1. The molecule has 3 atom stereocenters. The van der Waals surface area contributed by atoms with E-state index >= 15 is 0 Å². The zero-order chi connectivity index (χ0) is 50.0. The van der Waals surface area contributed by atoms with Crippen LogP contribution in [0.1, 0.15) is 104 Å². The molecule has 0 fully saturated rings. The largest absolute Gasteiger partial charge is 0.487 e. The Hall–Kier alpha value is -5.94. The first-order chi connectivity index (χ1) is 31.1. The lowest BCUT2D eigenvalue weighted by Gasteiger charge is -2.23. The first-order valence-electron chi connectivity index (χ1n) is 22.0. The van der Waals surface area contributed by atoms with Crippen molar-refractivity contribution in [1.29, 1.82) is 10.8 Å². The number of guanidine groups is 2. The predicted molar refractivity (Wildman–Crippen MR) is 250 cm³/mol. The monoisotopic (exact) mass is 971 g/mol. The highest BCUT2D eigenvalue weighted by Gasteiger charge is 2.38. The third-order valence-corrected chi connectivity index (χ3v) is 15.4. The zero-order valence-electron chi connectivity index (χ0n) is 39.7. The van der Waals surface area contributed by atoms with Crippen LogP contribution < -0.4 is 45.9 Å². The van der Waals surface area contributed by atoms with Gasteiger partial charge in [-0.25, -0.2) is 36.1 Å². The maximum Gasteiger partial charge on any atom is 0.326 e. The number of benzene rings is 2. The number of nitrogens with two attached hydrogens (primary N) is 1. The molecule has 67 heavy (non-hydrogen) atoms. The number of sulfonamides is 2. The van der Waals surface area contributed by atoms with Crippen LogP contribution in [0.5, 0.6) is 11.5 Å². The zero-order valence-corrected chi connectivity index (χ0v) is 41.3. The number of imidazole rings is 1. The van der Waals surface area contributed by atoms with Crippen LogP contribution in [0, 0.1) is 52.4 Å². The summed E-state index contributed by atoms with van der Waals surface area (Å²) in [6, 6.07) is -3.87. The lowest BCUT2D eigenvalue weighted by Crippen LogP contribution is -2.55. The summed E-state index contributed by atoms with van der Waals surface area (Å²) in [4.78, 5) is 46.0. The van der Waals surface area contributed by atoms with Crippen molar-refractivity contribution in [3.63, 3.8) is 0 Å². The highest BCUT2D eigenvalue weighted by Crippen LogP contribution is 2.45. The second kappa shape index (κ2) is 20.1. The normalized spacial score (nSPS) is 16.0. The smallest absolute Gasteiger partial charge is 0.326 e. The van der Waals surface area contributed by atoms with Crippen LogP contribution in [0.3, 0.4) is 0 Å². The molecule has 2 amide bonds. The number of aromatic amines is 1.